The van der Waals surface area contributed by atoms with E-state index in [0.717, 1.165) is 11.9 Å². The molecule has 0 aliphatic carbocycles. The van der Waals surface area contributed by atoms with Crippen molar-refractivity contribution in [2.24, 2.45) is 0 Å². The molecule has 0 radical (unpaired) electrons. The van der Waals surface area contributed by atoms with Crippen molar-refractivity contribution in [3.8, 4) is 0 Å². The van der Waals surface area contributed by atoms with Gasteiger partial charge in [-0.3, -0.25) is 9.20 Å². The van der Waals surface area contributed by atoms with Gasteiger partial charge in [0.2, 0.25) is 0 Å². The first-order chi connectivity index (χ1) is 9.79. The van der Waals surface area contributed by atoms with Gasteiger partial charge in [-0.25, -0.2) is 4.98 Å². The highest BCUT2D eigenvalue weighted by molar-refractivity contribution is 5.83. The van der Waals surface area contributed by atoms with Crippen molar-refractivity contribution in [1.29, 1.82) is 0 Å². The van der Waals surface area contributed by atoms with Crippen LogP contribution in [-0.2, 0) is 6.54 Å². The zero-order valence-electron chi connectivity index (χ0n) is 11.2. The molecule has 0 atom stereocenters. The van der Waals surface area contributed by atoms with Crippen molar-refractivity contribution in [2.45, 2.75) is 6.54 Å². The fourth-order valence-corrected chi connectivity index (χ4v) is 2.32. The Morgan fingerprint density at radius 2 is 1.90 bits per heavy atom. The van der Waals surface area contributed by atoms with E-state index in [-0.39, 0.29) is 0 Å². The summed E-state index contributed by atoms with van der Waals surface area (Å²) in [5, 5.41) is 0. The molecule has 4 nitrogen and oxygen atoms in total. The number of aldehydes is 1. The maximum Gasteiger partial charge on any atom is 0.170 e. The summed E-state index contributed by atoms with van der Waals surface area (Å²) in [7, 11) is 1.95. The summed E-state index contributed by atoms with van der Waals surface area (Å²) in [6.07, 6.45) is 2.71. The van der Waals surface area contributed by atoms with E-state index in [9.17, 15) is 4.79 Å². The van der Waals surface area contributed by atoms with Crippen molar-refractivity contribution < 1.29 is 4.79 Å². The lowest BCUT2D eigenvalue weighted by Crippen LogP contribution is -2.18. The van der Waals surface area contributed by atoms with Crippen LogP contribution >= 0.6 is 0 Å². The Balaban J connectivity index is 1.99. The zero-order valence-corrected chi connectivity index (χ0v) is 11.2. The molecular weight excluding hydrogens is 250 g/mol. The van der Waals surface area contributed by atoms with Crippen molar-refractivity contribution in [3.05, 3.63) is 66.0 Å². The minimum absolute atomic E-state index is 0.582. The van der Waals surface area contributed by atoms with Gasteiger partial charge in [-0.1, -0.05) is 36.4 Å². The van der Waals surface area contributed by atoms with Gasteiger partial charge in [0.1, 0.15) is 11.3 Å². The van der Waals surface area contributed by atoms with E-state index < -0.39 is 0 Å². The van der Waals surface area contributed by atoms with Gasteiger partial charge in [0, 0.05) is 19.8 Å². The molecule has 2 aromatic heterocycles. The smallest absolute Gasteiger partial charge is 0.170 e. The summed E-state index contributed by atoms with van der Waals surface area (Å²) in [4.78, 5) is 17.9. The van der Waals surface area contributed by atoms with Crippen molar-refractivity contribution in [3.63, 3.8) is 0 Å². The molecule has 0 unspecified atom stereocenters. The highest BCUT2D eigenvalue weighted by Gasteiger charge is 2.14. The third kappa shape index (κ3) is 2.16. The summed E-state index contributed by atoms with van der Waals surface area (Å²) in [5.41, 5.74) is 2.55. The third-order valence-electron chi connectivity index (χ3n) is 3.28. The van der Waals surface area contributed by atoms with Crippen LogP contribution < -0.4 is 4.90 Å². The minimum atomic E-state index is 0.582. The van der Waals surface area contributed by atoms with Gasteiger partial charge in [0.05, 0.1) is 0 Å². The number of nitrogens with zero attached hydrogens (tertiary/aromatic N) is 3. The number of benzene rings is 1. The maximum atomic E-state index is 11.4. The second-order valence-electron chi connectivity index (χ2n) is 4.71. The fraction of sp³-hybridized carbons (Fsp3) is 0.125. The number of pyridine rings is 1. The molecule has 0 fully saturated rings. The molecule has 0 amide bonds. The van der Waals surface area contributed by atoms with Crippen LogP contribution in [0.3, 0.4) is 0 Å². The van der Waals surface area contributed by atoms with Gasteiger partial charge in [0.25, 0.3) is 0 Å². The van der Waals surface area contributed by atoms with E-state index in [1.165, 1.54) is 5.56 Å². The highest BCUT2D eigenvalue weighted by atomic mass is 16.1. The number of anilines is 1. The number of carbonyl (C=O) groups is 1. The Kier molecular flexibility index (Phi) is 3.21. The van der Waals surface area contributed by atoms with E-state index in [4.69, 9.17) is 0 Å². The van der Waals surface area contributed by atoms with Crippen LogP contribution in [0.25, 0.3) is 5.65 Å². The van der Waals surface area contributed by atoms with Gasteiger partial charge in [-0.2, -0.15) is 0 Å². The van der Waals surface area contributed by atoms with Crippen LogP contribution in [0.1, 0.15) is 16.1 Å². The first-order valence-electron chi connectivity index (χ1n) is 6.47. The number of hydrogen-bond donors (Lipinski definition) is 0. The number of rotatable bonds is 4. The second kappa shape index (κ2) is 5.17. The first-order valence-corrected chi connectivity index (χ1v) is 6.47. The van der Waals surface area contributed by atoms with E-state index in [1.54, 1.807) is 0 Å². The topological polar surface area (TPSA) is 37.6 Å². The van der Waals surface area contributed by atoms with Gasteiger partial charge in [0.15, 0.2) is 12.1 Å². The molecule has 4 heteroatoms. The summed E-state index contributed by atoms with van der Waals surface area (Å²) in [6.45, 7) is 0.714. The average Bonchev–Trinajstić information content (AvgIpc) is 2.87. The Morgan fingerprint density at radius 1 is 1.15 bits per heavy atom. The number of aromatic nitrogens is 2. The van der Waals surface area contributed by atoms with Gasteiger partial charge >= 0.3 is 0 Å². The average molecular weight is 265 g/mol. The molecule has 0 aliphatic heterocycles. The number of imidazole rings is 1. The molecule has 3 rings (SSSR count). The molecule has 0 aliphatic rings. The SMILES string of the molecule is CN(Cc1ccccc1)c1nc2ccccn2c1C=O. The lowest BCUT2D eigenvalue weighted by molar-refractivity contribution is 0.111. The van der Waals surface area contributed by atoms with E-state index in [2.05, 4.69) is 17.1 Å². The summed E-state index contributed by atoms with van der Waals surface area (Å²) in [5.74, 6) is 0.704. The molecule has 100 valence electrons. The Hall–Kier alpha value is -2.62. The van der Waals surface area contributed by atoms with Gasteiger partial charge in [-0.15, -0.1) is 0 Å². The standard InChI is InChI=1S/C16H15N3O/c1-18(11-13-7-3-2-4-8-13)16-14(12-20)19-10-6-5-9-15(19)17-16/h2-10,12H,11H2,1H3. The first kappa shape index (κ1) is 12.4. The van der Waals surface area contributed by atoms with Crippen LogP contribution in [0, 0.1) is 0 Å². The monoisotopic (exact) mass is 265 g/mol. The molecule has 1 aromatic carbocycles. The fourth-order valence-electron chi connectivity index (χ4n) is 2.32. The molecular formula is C16H15N3O. The van der Waals surface area contributed by atoms with Crippen molar-refractivity contribution in [2.75, 3.05) is 11.9 Å². The normalized spacial score (nSPS) is 10.7. The largest absolute Gasteiger partial charge is 0.353 e. The van der Waals surface area contributed by atoms with Crippen molar-refractivity contribution >= 4 is 17.8 Å². The molecule has 20 heavy (non-hydrogen) atoms. The summed E-state index contributed by atoms with van der Waals surface area (Å²) in [6, 6.07) is 15.8. The molecule has 0 spiro atoms. The third-order valence-corrected chi connectivity index (χ3v) is 3.28. The van der Waals surface area contributed by atoms with Crippen LogP contribution in [-0.4, -0.2) is 22.7 Å². The van der Waals surface area contributed by atoms with Crippen LogP contribution in [0.2, 0.25) is 0 Å². The summed E-state index contributed by atoms with van der Waals surface area (Å²) >= 11 is 0. The van der Waals surface area contributed by atoms with Crippen molar-refractivity contribution in [1.82, 2.24) is 9.38 Å². The Morgan fingerprint density at radius 3 is 2.65 bits per heavy atom. The quantitative estimate of drug-likeness (QED) is 0.681. The maximum absolute atomic E-state index is 11.4. The number of carbonyl (C=O) groups excluding carboxylic acids is 1. The predicted molar refractivity (Wildman–Crippen MR) is 79.1 cm³/mol. The Labute approximate surface area is 117 Å². The van der Waals surface area contributed by atoms with Crippen LogP contribution in [0.15, 0.2) is 54.7 Å². The Bertz CT molecular complexity index is 734. The highest BCUT2D eigenvalue weighted by Crippen LogP contribution is 2.20. The molecule has 0 saturated heterocycles. The predicted octanol–water partition coefficient (Wildman–Crippen LogP) is 2.78. The molecule has 2 heterocycles. The minimum Gasteiger partial charge on any atom is -0.353 e. The lowest BCUT2D eigenvalue weighted by Gasteiger charge is -2.17. The molecule has 0 bridgehead atoms. The van der Waals surface area contributed by atoms with Gasteiger partial charge in [-0.05, 0) is 17.7 Å². The number of fused-ring (bicyclic) bond motifs is 1. The summed E-state index contributed by atoms with van der Waals surface area (Å²) < 4.78 is 1.81. The molecule has 3 aromatic rings. The van der Waals surface area contributed by atoms with E-state index >= 15 is 0 Å². The second-order valence-corrected chi connectivity index (χ2v) is 4.71. The molecule has 0 N–H and O–H groups in total. The lowest BCUT2D eigenvalue weighted by atomic mass is 10.2. The van der Waals surface area contributed by atoms with E-state index in [0.29, 0.717) is 18.1 Å². The van der Waals surface area contributed by atoms with Gasteiger partial charge < -0.3 is 4.90 Å². The number of hydrogen-bond acceptors (Lipinski definition) is 3. The molecule has 0 saturated carbocycles. The van der Waals surface area contributed by atoms with E-state index in [1.807, 2.05) is 58.9 Å². The van der Waals surface area contributed by atoms with Crippen LogP contribution in [0.4, 0.5) is 5.82 Å². The zero-order chi connectivity index (χ0) is 13.9. The van der Waals surface area contributed by atoms with Crippen LogP contribution in [0.5, 0.6) is 0 Å².